The number of carbonyl (C=O) groups is 1. The number of anilines is 2. The number of hydrogen-bond acceptors (Lipinski definition) is 6. The average Bonchev–Trinajstić information content (AvgIpc) is 3.32. The highest BCUT2D eigenvalue weighted by Gasteiger charge is 2.23. The van der Waals surface area contributed by atoms with Crippen LogP contribution in [-0.4, -0.2) is 40.6 Å². The van der Waals surface area contributed by atoms with Crippen molar-refractivity contribution in [3.8, 4) is 0 Å². The summed E-state index contributed by atoms with van der Waals surface area (Å²) in [5.74, 6) is 0.143. The molecule has 0 saturated carbocycles. The normalized spacial score (nSPS) is 14.2. The smallest absolute Gasteiger partial charge is 0.263 e. The number of hydrogen-bond donors (Lipinski definition) is 2. The van der Waals surface area contributed by atoms with Crippen LogP contribution in [0.2, 0.25) is 5.02 Å². The number of nitrogens with one attached hydrogen (secondary N) is 2. The fraction of sp³-hybridized carbons (Fsp3) is 0.227. The van der Waals surface area contributed by atoms with Gasteiger partial charge in [-0.25, -0.2) is 8.42 Å². The maximum absolute atomic E-state index is 13.2. The molecule has 1 saturated heterocycles. The highest BCUT2D eigenvalue weighted by atomic mass is 35.5. The van der Waals surface area contributed by atoms with Crippen LogP contribution in [0.1, 0.15) is 16.1 Å². The van der Waals surface area contributed by atoms with Gasteiger partial charge in [0.1, 0.15) is 10.7 Å². The maximum Gasteiger partial charge on any atom is 0.263 e. The van der Waals surface area contributed by atoms with E-state index >= 15 is 0 Å². The summed E-state index contributed by atoms with van der Waals surface area (Å²) in [4.78, 5) is 14.4. The van der Waals surface area contributed by atoms with Crippen molar-refractivity contribution in [1.29, 1.82) is 0 Å². The average molecular weight is 476 g/mol. The third-order valence-electron chi connectivity index (χ3n) is 4.99. The van der Waals surface area contributed by atoms with Gasteiger partial charge in [-0.3, -0.25) is 9.52 Å². The number of amides is 1. The number of halogens is 1. The number of carbonyl (C=O) groups excluding carboxylic acids is 1. The minimum absolute atomic E-state index is 0.0175. The first-order chi connectivity index (χ1) is 15.4. The van der Waals surface area contributed by atoms with Gasteiger partial charge < -0.3 is 19.4 Å². The summed E-state index contributed by atoms with van der Waals surface area (Å²) >= 11 is 6.21. The Morgan fingerprint density at radius 1 is 1.06 bits per heavy atom. The number of furan rings is 1. The number of sulfonamides is 1. The van der Waals surface area contributed by atoms with Crippen molar-refractivity contribution in [1.82, 2.24) is 5.32 Å². The predicted molar refractivity (Wildman–Crippen MR) is 122 cm³/mol. The van der Waals surface area contributed by atoms with Crippen LogP contribution in [0.4, 0.5) is 11.4 Å². The third kappa shape index (κ3) is 5.07. The Morgan fingerprint density at radius 3 is 2.59 bits per heavy atom. The maximum atomic E-state index is 13.2. The second-order valence-corrected chi connectivity index (χ2v) is 9.19. The Balaban J connectivity index is 1.56. The van der Waals surface area contributed by atoms with E-state index in [0.717, 1.165) is 5.69 Å². The van der Waals surface area contributed by atoms with E-state index in [2.05, 4.69) is 14.9 Å². The van der Waals surface area contributed by atoms with Crippen LogP contribution < -0.4 is 14.9 Å². The van der Waals surface area contributed by atoms with E-state index in [0.29, 0.717) is 37.8 Å². The molecule has 8 nitrogen and oxygen atoms in total. The van der Waals surface area contributed by atoms with Crippen molar-refractivity contribution in [2.75, 3.05) is 35.9 Å². The first-order valence-electron chi connectivity index (χ1n) is 9.99. The van der Waals surface area contributed by atoms with Crippen LogP contribution in [0.25, 0.3) is 0 Å². The van der Waals surface area contributed by atoms with Crippen LogP contribution in [0.5, 0.6) is 0 Å². The topological polar surface area (TPSA) is 101 Å². The second-order valence-electron chi connectivity index (χ2n) is 7.13. The zero-order chi connectivity index (χ0) is 22.6. The molecule has 0 radical (unpaired) electrons. The van der Waals surface area contributed by atoms with Crippen LogP contribution >= 0.6 is 11.6 Å². The zero-order valence-corrected chi connectivity index (χ0v) is 18.7. The van der Waals surface area contributed by atoms with Crippen molar-refractivity contribution in [3.63, 3.8) is 0 Å². The van der Waals surface area contributed by atoms with Gasteiger partial charge in [0.2, 0.25) is 0 Å². The van der Waals surface area contributed by atoms with E-state index in [-0.39, 0.29) is 22.0 Å². The molecule has 1 aromatic heterocycles. The molecule has 32 heavy (non-hydrogen) atoms. The van der Waals surface area contributed by atoms with E-state index in [1.807, 2.05) is 12.1 Å². The Bertz CT molecular complexity index is 1190. The Labute approximate surface area is 191 Å². The lowest BCUT2D eigenvalue weighted by Gasteiger charge is -2.30. The Hall–Kier alpha value is -3.01. The minimum atomic E-state index is -4.06. The van der Waals surface area contributed by atoms with Crippen molar-refractivity contribution < 1.29 is 22.4 Å². The number of rotatable bonds is 7. The van der Waals surface area contributed by atoms with E-state index in [9.17, 15) is 13.2 Å². The predicted octanol–water partition coefficient (Wildman–Crippen LogP) is 3.50. The molecule has 10 heteroatoms. The molecule has 168 valence electrons. The summed E-state index contributed by atoms with van der Waals surface area (Å²) in [6.07, 6.45) is 1.51. The summed E-state index contributed by atoms with van der Waals surface area (Å²) in [6.45, 7) is 2.64. The molecular weight excluding hydrogens is 454 g/mol. The minimum Gasteiger partial charge on any atom is -0.467 e. The van der Waals surface area contributed by atoms with E-state index in [1.54, 1.807) is 24.3 Å². The van der Waals surface area contributed by atoms with E-state index in [4.69, 9.17) is 20.8 Å². The van der Waals surface area contributed by atoms with Gasteiger partial charge in [0.05, 0.1) is 42.4 Å². The first kappa shape index (κ1) is 22.2. The molecule has 3 aromatic rings. The monoisotopic (exact) mass is 475 g/mol. The van der Waals surface area contributed by atoms with Crippen molar-refractivity contribution in [2.45, 2.75) is 11.4 Å². The SMILES string of the molecule is O=C(NCc1ccco1)c1ccc(Cl)c(S(=O)(=O)Nc2ccccc2N2CCOCC2)c1. The molecule has 4 rings (SSSR count). The van der Waals surface area contributed by atoms with Gasteiger partial charge in [0, 0.05) is 18.7 Å². The molecule has 1 amide bonds. The van der Waals surface area contributed by atoms with Crippen LogP contribution in [0.15, 0.2) is 70.2 Å². The van der Waals surface area contributed by atoms with Gasteiger partial charge in [-0.2, -0.15) is 0 Å². The highest BCUT2D eigenvalue weighted by Crippen LogP contribution is 2.31. The summed E-state index contributed by atoms with van der Waals surface area (Å²) in [7, 11) is -4.06. The Morgan fingerprint density at radius 2 is 1.84 bits per heavy atom. The van der Waals surface area contributed by atoms with Crippen molar-refractivity contribution in [2.24, 2.45) is 0 Å². The van der Waals surface area contributed by atoms with Crippen LogP contribution in [-0.2, 0) is 21.3 Å². The summed E-state index contributed by atoms with van der Waals surface area (Å²) < 4.78 is 39.6. The molecule has 2 heterocycles. The molecule has 2 N–H and O–H groups in total. The molecule has 0 bridgehead atoms. The fourth-order valence-electron chi connectivity index (χ4n) is 3.37. The molecule has 1 aliphatic rings. The number of nitrogens with zero attached hydrogens (tertiary/aromatic N) is 1. The molecule has 2 aromatic carbocycles. The largest absolute Gasteiger partial charge is 0.467 e. The van der Waals surface area contributed by atoms with Crippen molar-refractivity contribution in [3.05, 3.63) is 77.2 Å². The number of morpholine rings is 1. The van der Waals surface area contributed by atoms with Crippen molar-refractivity contribution >= 4 is 38.9 Å². The first-order valence-corrected chi connectivity index (χ1v) is 11.8. The third-order valence-corrected chi connectivity index (χ3v) is 6.83. The summed E-state index contributed by atoms with van der Waals surface area (Å²) in [5.41, 5.74) is 1.35. The molecule has 0 unspecified atom stereocenters. The molecule has 1 aliphatic heterocycles. The lowest BCUT2D eigenvalue weighted by Crippen LogP contribution is -2.36. The Kier molecular flexibility index (Phi) is 6.69. The summed E-state index contributed by atoms with van der Waals surface area (Å²) in [5, 5.41) is 2.71. The van der Waals surface area contributed by atoms with Gasteiger partial charge in [-0.05, 0) is 42.5 Å². The zero-order valence-electron chi connectivity index (χ0n) is 17.1. The molecule has 0 spiro atoms. The molecule has 0 aliphatic carbocycles. The summed E-state index contributed by atoms with van der Waals surface area (Å²) in [6, 6.07) is 14.7. The van der Waals surface area contributed by atoms with Gasteiger partial charge in [0.15, 0.2) is 0 Å². The quantitative estimate of drug-likeness (QED) is 0.542. The fourth-order valence-corrected chi connectivity index (χ4v) is 4.97. The molecular formula is C22H22ClN3O5S. The van der Waals surface area contributed by atoms with E-state index < -0.39 is 15.9 Å². The molecule has 1 fully saturated rings. The van der Waals surface area contributed by atoms with Gasteiger partial charge in [0.25, 0.3) is 15.9 Å². The van der Waals surface area contributed by atoms with E-state index in [1.165, 1.54) is 24.5 Å². The van der Waals surface area contributed by atoms with Gasteiger partial charge in [-0.1, -0.05) is 23.7 Å². The number of ether oxygens (including phenoxy) is 1. The van der Waals surface area contributed by atoms with Crippen LogP contribution in [0, 0.1) is 0 Å². The number of benzene rings is 2. The van der Waals surface area contributed by atoms with Gasteiger partial charge >= 0.3 is 0 Å². The lowest BCUT2D eigenvalue weighted by atomic mass is 10.2. The highest BCUT2D eigenvalue weighted by molar-refractivity contribution is 7.92. The van der Waals surface area contributed by atoms with Crippen LogP contribution in [0.3, 0.4) is 0 Å². The lowest BCUT2D eigenvalue weighted by molar-refractivity contribution is 0.0948. The molecule has 0 atom stereocenters. The van der Waals surface area contributed by atoms with Gasteiger partial charge in [-0.15, -0.1) is 0 Å². The number of para-hydroxylation sites is 2. The second kappa shape index (κ2) is 9.64. The standard InChI is InChI=1S/C22H22ClN3O5S/c23-18-8-7-16(22(27)24-15-17-4-3-11-31-17)14-21(18)32(28,29)25-19-5-1-2-6-20(19)26-9-12-30-13-10-26/h1-8,11,14,25H,9-10,12-13,15H2,(H,24,27).